The standard InChI is InChI=1S/C28H30F2N2O4/c1-19-5-3-4-6-28(19)35-18-23(33)16-32(15-21-7-10-22(29)13-26(21)30)17-25-14-27(31-36-25)20-8-11-24(34-2)12-9-20/h3-13,23,25,33H,14-18H2,1-2H3/t23-,25+/m1/s1. The van der Waals surface area contributed by atoms with Gasteiger partial charge in [-0.25, -0.2) is 8.78 Å². The number of halogens is 2. The van der Waals surface area contributed by atoms with Gasteiger partial charge in [-0.3, -0.25) is 4.90 Å². The van der Waals surface area contributed by atoms with E-state index >= 15 is 0 Å². The molecule has 0 radical (unpaired) electrons. The van der Waals surface area contributed by atoms with Gasteiger partial charge in [0.25, 0.3) is 0 Å². The van der Waals surface area contributed by atoms with Crippen LogP contribution >= 0.6 is 0 Å². The molecule has 0 unspecified atom stereocenters. The van der Waals surface area contributed by atoms with Crippen molar-refractivity contribution in [3.05, 3.63) is 95.1 Å². The smallest absolute Gasteiger partial charge is 0.145 e. The third-order valence-corrected chi connectivity index (χ3v) is 6.02. The van der Waals surface area contributed by atoms with Gasteiger partial charge in [0, 0.05) is 37.7 Å². The van der Waals surface area contributed by atoms with Crippen molar-refractivity contribution in [2.75, 3.05) is 26.8 Å². The van der Waals surface area contributed by atoms with Crippen molar-refractivity contribution in [1.29, 1.82) is 0 Å². The summed E-state index contributed by atoms with van der Waals surface area (Å²) in [5.41, 5.74) is 3.04. The molecule has 1 heterocycles. The lowest BCUT2D eigenvalue weighted by Crippen LogP contribution is -2.40. The summed E-state index contributed by atoms with van der Waals surface area (Å²) >= 11 is 0. The van der Waals surface area contributed by atoms with E-state index in [1.54, 1.807) is 7.11 Å². The molecular formula is C28H30F2N2O4. The van der Waals surface area contributed by atoms with Crippen molar-refractivity contribution in [2.24, 2.45) is 5.16 Å². The van der Waals surface area contributed by atoms with Gasteiger partial charge in [0.15, 0.2) is 0 Å². The molecule has 0 saturated carbocycles. The van der Waals surface area contributed by atoms with Crippen LogP contribution in [0.3, 0.4) is 0 Å². The van der Waals surface area contributed by atoms with Crippen LogP contribution in [0.2, 0.25) is 0 Å². The normalized spacial score (nSPS) is 15.9. The Morgan fingerprint density at radius 2 is 1.89 bits per heavy atom. The van der Waals surface area contributed by atoms with E-state index in [0.717, 1.165) is 28.7 Å². The quantitative estimate of drug-likeness (QED) is 0.416. The Balaban J connectivity index is 1.40. The van der Waals surface area contributed by atoms with Crippen molar-refractivity contribution in [3.63, 3.8) is 0 Å². The summed E-state index contributed by atoms with van der Waals surface area (Å²) < 4.78 is 38.8. The molecule has 1 N–H and O–H groups in total. The van der Waals surface area contributed by atoms with Crippen LogP contribution in [0, 0.1) is 18.6 Å². The van der Waals surface area contributed by atoms with Gasteiger partial charge in [-0.2, -0.15) is 0 Å². The molecule has 190 valence electrons. The average Bonchev–Trinajstić information content (AvgIpc) is 3.33. The van der Waals surface area contributed by atoms with Gasteiger partial charge in [-0.1, -0.05) is 29.4 Å². The summed E-state index contributed by atoms with van der Waals surface area (Å²) in [6.45, 7) is 2.78. The van der Waals surface area contributed by atoms with E-state index < -0.39 is 17.7 Å². The monoisotopic (exact) mass is 496 g/mol. The van der Waals surface area contributed by atoms with Crippen LogP contribution in [0.1, 0.15) is 23.1 Å². The predicted molar refractivity (Wildman–Crippen MR) is 133 cm³/mol. The topological polar surface area (TPSA) is 63.5 Å². The summed E-state index contributed by atoms with van der Waals surface area (Å²) in [5.74, 6) is 0.188. The summed E-state index contributed by atoms with van der Waals surface area (Å²) in [6, 6.07) is 18.6. The second kappa shape index (κ2) is 12.0. The average molecular weight is 497 g/mol. The number of oxime groups is 1. The van der Waals surface area contributed by atoms with Crippen LogP contribution in [0.15, 0.2) is 71.9 Å². The van der Waals surface area contributed by atoms with Crippen LogP contribution in [0.5, 0.6) is 11.5 Å². The Kier molecular flexibility index (Phi) is 8.51. The van der Waals surface area contributed by atoms with Gasteiger partial charge in [-0.15, -0.1) is 0 Å². The van der Waals surface area contributed by atoms with E-state index in [1.165, 1.54) is 12.1 Å². The van der Waals surface area contributed by atoms with Gasteiger partial charge in [0.1, 0.15) is 41.9 Å². The molecule has 2 atom stereocenters. The zero-order valence-electron chi connectivity index (χ0n) is 20.4. The SMILES string of the molecule is COc1ccc(C2=NO[C@H](CN(Cc3ccc(F)cc3F)C[C@@H](O)COc3ccccc3C)C2)cc1. The van der Waals surface area contributed by atoms with Gasteiger partial charge in [0.05, 0.1) is 12.8 Å². The number of rotatable bonds is 11. The molecule has 0 amide bonds. The molecule has 6 nitrogen and oxygen atoms in total. The molecule has 0 bridgehead atoms. The first-order valence-corrected chi connectivity index (χ1v) is 11.8. The van der Waals surface area contributed by atoms with Crippen molar-refractivity contribution >= 4 is 5.71 Å². The molecule has 3 aromatic rings. The van der Waals surface area contributed by atoms with Crippen LogP contribution in [0.4, 0.5) is 8.78 Å². The first kappa shape index (κ1) is 25.6. The Morgan fingerprint density at radius 1 is 1.11 bits per heavy atom. The second-order valence-electron chi connectivity index (χ2n) is 8.86. The van der Waals surface area contributed by atoms with E-state index in [0.29, 0.717) is 24.3 Å². The Hall–Kier alpha value is -3.49. The summed E-state index contributed by atoms with van der Waals surface area (Å²) in [5, 5.41) is 15.0. The molecule has 0 fully saturated rings. The number of para-hydroxylation sites is 1. The van der Waals surface area contributed by atoms with E-state index in [1.807, 2.05) is 60.4 Å². The first-order chi connectivity index (χ1) is 17.4. The number of benzene rings is 3. The number of ether oxygens (including phenoxy) is 2. The van der Waals surface area contributed by atoms with Crippen molar-refractivity contribution < 1.29 is 28.2 Å². The summed E-state index contributed by atoms with van der Waals surface area (Å²) in [7, 11) is 1.61. The maximum atomic E-state index is 14.4. The summed E-state index contributed by atoms with van der Waals surface area (Å²) in [4.78, 5) is 7.54. The lowest BCUT2D eigenvalue weighted by atomic mass is 10.0. The number of hydrogen-bond donors (Lipinski definition) is 1. The van der Waals surface area contributed by atoms with Gasteiger partial charge in [-0.05, 0) is 54.4 Å². The van der Waals surface area contributed by atoms with Gasteiger partial charge >= 0.3 is 0 Å². The lowest BCUT2D eigenvalue weighted by molar-refractivity contribution is 0.0209. The van der Waals surface area contributed by atoms with E-state index in [2.05, 4.69) is 5.16 Å². The minimum absolute atomic E-state index is 0.0758. The lowest BCUT2D eigenvalue weighted by Gasteiger charge is -2.27. The molecule has 0 saturated heterocycles. The van der Waals surface area contributed by atoms with Gasteiger partial charge < -0.3 is 19.4 Å². The minimum Gasteiger partial charge on any atom is -0.497 e. The Labute approximate surface area is 209 Å². The second-order valence-corrected chi connectivity index (χ2v) is 8.86. The van der Waals surface area contributed by atoms with E-state index in [9.17, 15) is 13.9 Å². The fourth-order valence-electron chi connectivity index (χ4n) is 4.12. The van der Waals surface area contributed by atoms with Crippen LogP contribution in [0.25, 0.3) is 0 Å². The maximum absolute atomic E-state index is 14.4. The third-order valence-electron chi connectivity index (χ3n) is 6.02. The zero-order chi connectivity index (χ0) is 25.5. The van der Waals surface area contributed by atoms with E-state index in [4.69, 9.17) is 14.3 Å². The number of aliphatic hydroxyl groups excluding tert-OH is 1. The predicted octanol–water partition coefficient (Wildman–Crippen LogP) is 4.72. The first-order valence-electron chi connectivity index (χ1n) is 11.8. The number of aliphatic hydroxyl groups is 1. The highest BCUT2D eigenvalue weighted by molar-refractivity contribution is 6.01. The maximum Gasteiger partial charge on any atom is 0.145 e. The molecule has 0 aromatic heterocycles. The molecule has 0 spiro atoms. The highest BCUT2D eigenvalue weighted by atomic mass is 19.1. The molecule has 36 heavy (non-hydrogen) atoms. The fraction of sp³-hybridized carbons (Fsp3) is 0.321. The van der Waals surface area contributed by atoms with Crippen LogP contribution < -0.4 is 9.47 Å². The highest BCUT2D eigenvalue weighted by Crippen LogP contribution is 2.22. The number of methoxy groups -OCH3 is 1. The molecular weight excluding hydrogens is 466 g/mol. The van der Waals surface area contributed by atoms with Gasteiger partial charge in [0.2, 0.25) is 0 Å². The highest BCUT2D eigenvalue weighted by Gasteiger charge is 2.26. The number of nitrogens with zero attached hydrogens (tertiary/aromatic N) is 2. The van der Waals surface area contributed by atoms with Crippen LogP contribution in [-0.2, 0) is 11.4 Å². The Bertz CT molecular complexity index is 1190. The van der Waals surface area contributed by atoms with Crippen molar-refractivity contribution in [2.45, 2.75) is 32.1 Å². The van der Waals surface area contributed by atoms with Crippen molar-refractivity contribution in [1.82, 2.24) is 4.90 Å². The molecule has 3 aromatic carbocycles. The third kappa shape index (κ3) is 6.80. The number of hydrogen-bond acceptors (Lipinski definition) is 6. The summed E-state index contributed by atoms with van der Waals surface area (Å²) in [6.07, 6.45) is -0.559. The Morgan fingerprint density at radius 3 is 2.61 bits per heavy atom. The molecule has 1 aliphatic heterocycles. The zero-order valence-corrected chi connectivity index (χ0v) is 20.4. The number of aryl methyl sites for hydroxylation is 1. The molecule has 1 aliphatic rings. The van der Waals surface area contributed by atoms with E-state index in [-0.39, 0.29) is 25.8 Å². The fourth-order valence-corrected chi connectivity index (χ4v) is 4.12. The molecule has 4 rings (SSSR count). The van der Waals surface area contributed by atoms with Crippen LogP contribution in [-0.4, -0.2) is 54.7 Å². The molecule has 8 heteroatoms. The largest absolute Gasteiger partial charge is 0.497 e. The van der Waals surface area contributed by atoms with Crippen molar-refractivity contribution in [3.8, 4) is 11.5 Å². The minimum atomic E-state index is -0.837. The molecule has 0 aliphatic carbocycles.